The SMILES string of the molecule is CCC(C)C(N)C(=O)NCc1ccnc(OCCN(C)C)c1.Cl. The van der Waals surface area contributed by atoms with E-state index in [0.29, 0.717) is 19.0 Å². The van der Waals surface area contributed by atoms with Crippen molar-refractivity contribution in [2.75, 3.05) is 27.2 Å². The second-order valence-corrected chi connectivity index (χ2v) is 5.78. The summed E-state index contributed by atoms with van der Waals surface area (Å²) >= 11 is 0. The van der Waals surface area contributed by atoms with Gasteiger partial charge in [-0.05, 0) is 31.6 Å². The first-order valence-electron chi connectivity index (χ1n) is 7.69. The average molecular weight is 345 g/mol. The molecule has 1 amide bonds. The molecule has 132 valence electrons. The minimum atomic E-state index is -0.470. The number of likely N-dealkylation sites (N-methyl/N-ethyl adjacent to an activating group) is 1. The van der Waals surface area contributed by atoms with Gasteiger partial charge in [0.2, 0.25) is 11.8 Å². The summed E-state index contributed by atoms with van der Waals surface area (Å²) in [7, 11) is 3.98. The van der Waals surface area contributed by atoms with E-state index in [9.17, 15) is 4.79 Å². The van der Waals surface area contributed by atoms with Crippen LogP contribution in [-0.4, -0.2) is 49.1 Å². The Hall–Kier alpha value is -1.37. The van der Waals surface area contributed by atoms with E-state index in [1.807, 2.05) is 45.0 Å². The molecular formula is C16H29ClN4O2. The van der Waals surface area contributed by atoms with Crippen molar-refractivity contribution in [1.82, 2.24) is 15.2 Å². The molecule has 1 aromatic rings. The van der Waals surface area contributed by atoms with Crippen molar-refractivity contribution in [3.8, 4) is 5.88 Å². The van der Waals surface area contributed by atoms with E-state index >= 15 is 0 Å². The fourth-order valence-electron chi connectivity index (χ4n) is 1.79. The van der Waals surface area contributed by atoms with Gasteiger partial charge in [-0.25, -0.2) is 4.98 Å². The van der Waals surface area contributed by atoms with Crippen LogP contribution in [0.1, 0.15) is 25.8 Å². The highest BCUT2D eigenvalue weighted by Crippen LogP contribution is 2.10. The Morgan fingerprint density at radius 1 is 1.48 bits per heavy atom. The third kappa shape index (κ3) is 8.16. The molecule has 2 atom stereocenters. The molecule has 2 unspecified atom stereocenters. The average Bonchev–Trinajstić information content (AvgIpc) is 2.51. The van der Waals surface area contributed by atoms with Gasteiger partial charge in [0.1, 0.15) is 6.61 Å². The van der Waals surface area contributed by atoms with Gasteiger partial charge in [-0.1, -0.05) is 20.3 Å². The number of ether oxygens (including phenoxy) is 1. The lowest BCUT2D eigenvalue weighted by Crippen LogP contribution is -2.44. The Bertz CT molecular complexity index is 471. The van der Waals surface area contributed by atoms with E-state index in [4.69, 9.17) is 10.5 Å². The second kappa shape index (κ2) is 11.2. The van der Waals surface area contributed by atoms with Crippen LogP contribution in [-0.2, 0) is 11.3 Å². The third-order valence-corrected chi connectivity index (χ3v) is 3.61. The number of aromatic nitrogens is 1. The van der Waals surface area contributed by atoms with Crippen LogP contribution in [0.3, 0.4) is 0 Å². The van der Waals surface area contributed by atoms with Crippen LogP contribution in [0.2, 0.25) is 0 Å². The Labute approximate surface area is 145 Å². The number of nitrogens with two attached hydrogens (primary N) is 1. The van der Waals surface area contributed by atoms with Crippen molar-refractivity contribution in [1.29, 1.82) is 0 Å². The number of nitrogens with zero attached hydrogens (tertiary/aromatic N) is 2. The Morgan fingerprint density at radius 3 is 2.78 bits per heavy atom. The molecule has 0 spiro atoms. The molecule has 0 saturated heterocycles. The van der Waals surface area contributed by atoms with E-state index in [2.05, 4.69) is 10.3 Å². The molecule has 0 radical (unpaired) electrons. The van der Waals surface area contributed by atoms with E-state index < -0.39 is 6.04 Å². The molecule has 7 heteroatoms. The highest BCUT2D eigenvalue weighted by molar-refractivity contribution is 5.85. The smallest absolute Gasteiger partial charge is 0.237 e. The van der Waals surface area contributed by atoms with Crippen molar-refractivity contribution < 1.29 is 9.53 Å². The number of nitrogens with one attached hydrogen (secondary N) is 1. The predicted molar refractivity (Wildman–Crippen MR) is 94.8 cm³/mol. The zero-order valence-electron chi connectivity index (χ0n) is 14.4. The summed E-state index contributed by atoms with van der Waals surface area (Å²) < 4.78 is 5.58. The first-order valence-corrected chi connectivity index (χ1v) is 7.69. The number of carbonyl (C=O) groups is 1. The summed E-state index contributed by atoms with van der Waals surface area (Å²) in [5, 5.41) is 2.86. The fourth-order valence-corrected chi connectivity index (χ4v) is 1.79. The number of hydrogen-bond acceptors (Lipinski definition) is 5. The lowest BCUT2D eigenvalue weighted by atomic mass is 9.99. The van der Waals surface area contributed by atoms with Crippen molar-refractivity contribution in [2.45, 2.75) is 32.9 Å². The molecule has 0 aliphatic heterocycles. The van der Waals surface area contributed by atoms with Crippen molar-refractivity contribution in [3.05, 3.63) is 23.9 Å². The van der Waals surface area contributed by atoms with Crippen LogP contribution in [0.15, 0.2) is 18.3 Å². The molecule has 1 rings (SSSR count). The van der Waals surface area contributed by atoms with Gasteiger partial charge in [-0.2, -0.15) is 0 Å². The summed E-state index contributed by atoms with van der Waals surface area (Å²) in [5.41, 5.74) is 6.85. The molecule has 0 saturated carbocycles. The maximum absolute atomic E-state index is 12.0. The topological polar surface area (TPSA) is 80.5 Å². The molecule has 0 aromatic carbocycles. The maximum atomic E-state index is 12.0. The van der Waals surface area contributed by atoms with Crippen LogP contribution in [0.5, 0.6) is 5.88 Å². The molecule has 0 fully saturated rings. The zero-order valence-corrected chi connectivity index (χ0v) is 15.2. The molecule has 0 aliphatic carbocycles. The standard InChI is InChI=1S/C16H28N4O2.ClH/c1-5-12(2)15(17)16(21)19-11-13-6-7-18-14(10-13)22-9-8-20(3)4;/h6-7,10,12,15H,5,8-9,11,17H2,1-4H3,(H,19,21);1H. The molecule has 0 bridgehead atoms. The number of rotatable bonds is 9. The Morgan fingerprint density at radius 2 is 2.17 bits per heavy atom. The number of carbonyl (C=O) groups excluding carboxylic acids is 1. The van der Waals surface area contributed by atoms with E-state index in [1.54, 1.807) is 6.20 Å². The van der Waals surface area contributed by atoms with Gasteiger partial charge in [-0.15, -0.1) is 12.4 Å². The Kier molecular flexibility index (Phi) is 10.5. The summed E-state index contributed by atoms with van der Waals surface area (Å²) in [6, 6.07) is 3.22. The number of halogens is 1. The molecular weight excluding hydrogens is 316 g/mol. The molecule has 1 heterocycles. The summed E-state index contributed by atoms with van der Waals surface area (Å²) in [5.74, 6) is 0.614. The number of amides is 1. The molecule has 23 heavy (non-hydrogen) atoms. The van der Waals surface area contributed by atoms with Crippen LogP contribution in [0.25, 0.3) is 0 Å². The Balaban J connectivity index is 0.00000484. The number of hydrogen-bond donors (Lipinski definition) is 2. The largest absolute Gasteiger partial charge is 0.476 e. The predicted octanol–water partition coefficient (Wildman–Crippen LogP) is 1.43. The molecule has 1 aromatic heterocycles. The fraction of sp³-hybridized carbons (Fsp3) is 0.625. The third-order valence-electron chi connectivity index (χ3n) is 3.61. The van der Waals surface area contributed by atoms with Crippen LogP contribution >= 0.6 is 12.4 Å². The second-order valence-electron chi connectivity index (χ2n) is 5.78. The number of pyridine rings is 1. The van der Waals surface area contributed by atoms with Gasteiger partial charge < -0.3 is 20.7 Å². The minimum Gasteiger partial charge on any atom is -0.476 e. The quantitative estimate of drug-likeness (QED) is 0.708. The monoisotopic (exact) mass is 344 g/mol. The van der Waals surface area contributed by atoms with Gasteiger partial charge in [0.05, 0.1) is 6.04 Å². The summed E-state index contributed by atoms with van der Waals surface area (Å²) in [6.45, 7) is 5.84. The summed E-state index contributed by atoms with van der Waals surface area (Å²) in [6.07, 6.45) is 2.56. The first-order chi connectivity index (χ1) is 10.4. The van der Waals surface area contributed by atoms with Crippen LogP contribution in [0, 0.1) is 5.92 Å². The van der Waals surface area contributed by atoms with Crippen LogP contribution in [0.4, 0.5) is 0 Å². The van der Waals surface area contributed by atoms with E-state index in [1.165, 1.54) is 0 Å². The normalized spacial score (nSPS) is 13.1. The van der Waals surface area contributed by atoms with Crippen LogP contribution < -0.4 is 15.8 Å². The highest BCUT2D eigenvalue weighted by atomic mass is 35.5. The zero-order chi connectivity index (χ0) is 16.5. The van der Waals surface area contributed by atoms with E-state index in [0.717, 1.165) is 18.5 Å². The van der Waals surface area contributed by atoms with Gasteiger partial charge in [0.15, 0.2) is 0 Å². The lowest BCUT2D eigenvalue weighted by molar-refractivity contribution is -0.123. The maximum Gasteiger partial charge on any atom is 0.237 e. The summed E-state index contributed by atoms with van der Waals surface area (Å²) in [4.78, 5) is 18.2. The molecule has 3 N–H and O–H groups in total. The van der Waals surface area contributed by atoms with E-state index in [-0.39, 0.29) is 24.2 Å². The van der Waals surface area contributed by atoms with Gasteiger partial charge in [0.25, 0.3) is 0 Å². The lowest BCUT2D eigenvalue weighted by Gasteiger charge is -2.17. The first kappa shape index (κ1) is 21.6. The van der Waals surface area contributed by atoms with Crippen molar-refractivity contribution in [2.24, 2.45) is 11.7 Å². The minimum absolute atomic E-state index is 0. The molecule has 0 aliphatic rings. The highest BCUT2D eigenvalue weighted by Gasteiger charge is 2.18. The van der Waals surface area contributed by atoms with Crippen molar-refractivity contribution >= 4 is 18.3 Å². The van der Waals surface area contributed by atoms with Crippen molar-refractivity contribution in [3.63, 3.8) is 0 Å². The van der Waals surface area contributed by atoms with Gasteiger partial charge in [-0.3, -0.25) is 4.79 Å². The van der Waals surface area contributed by atoms with Gasteiger partial charge >= 0.3 is 0 Å². The van der Waals surface area contributed by atoms with Gasteiger partial charge in [0, 0.05) is 25.4 Å². The molecule has 6 nitrogen and oxygen atoms in total.